The summed E-state index contributed by atoms with van der Waals surface area (Å²) in [5.74, 6) is 0.297. The van der Waals surface area contributed by atoms with Crippen molar-refractivity contribution in [2.45, 2.75) is 51.7 Å². The van der Waals surface area contributed by atoms with Crippen molar-refractivity contribution < 1.29 is 13.7 Å². The Balaban J connectivity index is 1.79. The van der Waals surface area contributed by atoms with Crippen LogP contribution in [0.3, 0.4) is 0 Å². The molecule has 1 saturated heterocycles. The average Bonchev–Trinajstić information content (AvgIpc) is 3.04. The SMILES string of the molecule is CC(=N[S@](=O)C(C)(C)C)c1ccc2c(c1)CCN2C(=O)C1CCOCC1. The predicted molar refractivity (Wildman–Crippen MR) is 106 cm³/mol. The monoisotopic (exact) mass is 376 g/mol. The highest BCUT2D eigenvalue weighted by molar-refractivity contribution is 7.85. The lowest BCUT2D eigenvalue weighted by Crippen LogP contribution is -2.37. The van der Waals surface area contributed by atoms with E-state index >= 15 is 0 Å². The molecule has 0 N–H and O–H groups in total. The van der Waals surface area contributed by atoms with Crippen LogP contribution in [-0.4, -0.2) is 40.3 Å². The van der Waals surface area contributed by atoms with E-state index in [9.17, 15) is 9.00 Å². The van der Waals surface area contributed by atoms with E-state index in [0.29, 0.717) is 13.2 Å². The number of nitrogens with zero attached hydrogens (tertiary/aromatic N) is 2. The van der Waals surface area contributed by atoms with Gasteiger partial charge in [0, 0.05) is 31.4 Å². The van der Waals surface area contributed by atoms with Crippen LogP contribution in [0, 0.1) is 5.92 Å². The highest BCUT2D eigenvalue weighted by Crippen LogP contribution is 2.32. The Bertz CT molecular complexity index is 746. The molecule has 2 heterocycles. The minimum absolute atomic E-state index is 0.0758. The first-order valence-electron chi connectivity index (χ1n) is 9.27. The van der Waals surface area contributed by atoms with Crippen molar-refractivity contribution in [1.82, 2.24) is 0 Å². The molecule has 1 aromatic rings. The Morgan fingerprint density at radius 2 is 1.96 bits per heavy atom. The number of carbonyl (C=O) groups excluding carboxylic acids is 1. The molecule has 1 aromatic carbocycles. The van der Waals surface area contributed by atoms with Crippen LogP contribution in [0.5, 0.6) is 0 Å². The van der Waals surface area contributed by atoms with Crippen molar-refractivity contribution in [3.63, 3.8) is 0 Å². The first-order chi connectivity index (χ1) is 12.3. The van der Waals surface area contributed by atoms with Crippen LogP contribution in [0.15, 0.2) is 22.6 Å². The van der Waals surface area contributed by atoms with Crippen LogP contribution in [0.2, 0.25) is 0 Å². The summed E-state index contributed by atoms with van der Waals surface area (Å²) in [5, 5.41) is 0. The molecule has 0 aromatic heterocycles. The molecule has 2 aliphatic rings. The van der Waals surface area contributed by atoms with E-state index in [1.165, 1.54) is 5.56 Å². The van der Waals surface area contributed by atoms with Crippen LogP contribution in [-0.2, 0) is 26.9 Å². The van der Waals surface area contributed by atoms with Crippen LogP contribution in [0.25, 0.3) is 0 Å². The summed E-state index contributed by atoms with van der Waals surface area (Å²) < 4.78 is 21.6. The Labute approximate surface area is 158 Å². The number of ether oxygens (including phenoxy) is 1. The molecule has 0 spiro atoms. The number of carbonyl (C=O) groups is 1. The van der Waals surface area contributed by atoms with Crippen LogP contribution in [0.1, 0.15) is 51.7 Å². The molecule has 0 unspecified atom stereocenters. The second-order valence-corrected chi connectivity index (χ2v) is 9.91. The first kappa shape index (κ1) is 19.2. The highest BCUT2D eigenvalue weighted by Gasteiger charge is 2.31. The molecule has 5 nitrogen and oxygen atoms in total. The zero-order valence-corrected chi connectivity index (χ0v) is 16.9. The van der Waals surface area contributed by atoms with Gasteiger partial charge in [-0.15, -0.1) is 0 Å². The standard InChI is InChI=1S/C20H28N2O3S/c1-14(21-26(24)20(2,3)4)16-5-6-18-17(13-16)7-10-22(18)19(23)15-8-11-25-12-9-15/h5-6,13,15H,7-12H2,1-4H3/t26-/m1/s1. The Kier molecular flexibility index (Phi) is 5.63. The van der Waals surface area contributed by atoms with Gasteiger partial charge in [0.15, 0.2) is 0 Å². The summed E-state index contributed by atoms with van der Waals surface area (Å²) in [6.45, 7) is 9.74. The third-order valence-electron chi connectivity index (χ3n) is 4.97. The van der Waals surface area contributed by atoms with E-state index in [2.05, 4.69) is 10.5 Å². The van der Waals surface area contributed by atoms with Gasteiger partial charge in [0.25, 0.3) is 0 Å². The summed E-state index contributed by atoms with van der Waals surface area (Å²) in [4.78, 5) is 14.8. The van der Waals surface area contributed by atoms with E-state index in [0.717, 1.165) is 42.8 Å². The molecule has 26 heavy (non-hydrogen) atoms. The number of fused-ring (bicyclic) bond motifs is 1. The fraction of sp³-hybridized carbons (Fsp3) is 0.600. The summed E-state index contributed by atoms with van der Waals surface area (Å²) >= 11 is 0. The number of rotatable bonds is 3. The van der Waals surface area contributed by atoms with Gasteiger partial charge >= 0.3 is 0 Å². The molecule has 0 bridgehead atoms. The van der Waals surface area contributed by atoms with Crippen molar-refractivity contribution in [3.8, 4) is 0 Å². The minimum Gasteiger partial charge on any atom is -0.381 e. The molecule has 0 radical (unpaired) electrons. The number of benzene rings is 1. The quantitative estimate of drug-likeness (QED) is 0.761. The molecular formula is C20H28N2O3S. The van der Waals surface area contributed by atoms with Gasteiger partial charge in [-0.25, -0.2) is 4.21 Å². The van der Waals surface area contributed by atoms with Gasteiger partial charge in [0.2, 0.25) is 5.91 Å². The van der Waals surface area contributed by atoms with Gasteiger partial charge < -0.3 is 9.64 Å². The van der Waals surface area contributed by atoms with Crippen molar-refractivity contribution in [3.05, 3.63) is 29.3 Å². The fourth-order valence-electron chi connectivity index (χ4n) is 3.33. The van der Waals surface area contributed by atoms with Crippen LogP contribution >= 0.6 is 0 Å². The summed E-state index contributed by atoms with van der Waals surface area (Å²) in [6.07, 6.45) is 2.48. The van der Waals surface area contributed by atoms with Crippen LogP contribution in [0.4, 0.5) is 5.69 Å². The summed E-state index contributed by atoms with van der Waals surface area (Å²) in [5.41, 5.74) is 3.92. The lowest BCUT2D eigenvalue weighted by Gasteiger charge is -2.26. The third kappa shape index (κ3) is 4.07. The minimum atomic E-state index is -1.27. The summed E-state index contributed by atoms with van der Waals surface area (Å²) in [6, 6.07) is 6.08. The number of hydrogen-bond donors (Lipinski definition) is 0. The van der Waals surface area contributed by atoms with Gasteiger partial charge in [-0.2, -0.15) is 4.40 Å². The molecule has 1 fully saturated rings. The van der Waals surface area contributed by atoms with Gasteiger partial charge in [-0.05, 0) is 70.2 Å². The third-order valence-corrected chi connectivity index (χ3v) is 6.46. The van der Waals surface area contributed by atoms with E-state index in [-0.39, 0.29) is 16.6 Å². The Morgan fingerprint density at radius 3 is 2.62 bits per heavy atom. The molecule has 6 heteroatoms. The maximum atomic E-state index is 12.8. The van der Waals surface area contributed by atoms with Crippen molar-refractivity contribution in [2.75, 3.05) is 24.7 Å². The Morgan fingerprint density at radius 1 is 1.27 bits per heavy atom. The molecule has 142 valence electrons. The largest absolute Gasteiger partial charge is 0.381 e. The van der Waals surface area contributed by atoms with Gasteiger partial charge in [0.1, 0.15) is 11.0 Å². The molecule has 1 amide bonds. The lowest BCUT2D eigenvalue weighted by molar-refractivity contribution is -0.125. The predicted octanol–water partition coefficient (Wildman–Crippen LogP) is 3.27. The maximum absolute atomic E-state index is 12.8. The highest BCUT2D eigenvalue weighted by atomic mass is 32.2. The summed E-state index contributed by atoms with van der Waals surface area (Å²) in [7, 11) is -1.27. The van der Waals surface area contributed by atoms with E-state index < -0.39 is 11.0 Å². The second kappa shape index (κ2) is 7.61. The molecule has 3 rings (SSSR count). The van der Waals surface area contributed by atoms with E-state index in [4.69, 9.17) is 4.74 Å². The first-order valence-corrected chi connectivity index (χ1v) is 10.4. The van der Waals surface area contributed by atoms with E-state index in [1.54, 1.807) is 0 Å². The average molecular weight is 377 g/mol. The zero-order chi connectivity index (χ0) is 18.9. The number of hydrogen-bond acceptors (Lipinski definition) is 3. The topological polar surface area (TPSA) is 59.0 Å². The molecule has 0 aliphatic carbocycles. The smallest absolute Gasteiger partial charge is 0.230 e. The van der Waals surface area contributed by atoms with E-state index in [1.807, 2.05) is 44.7 Å². The molecule has 0 saturated carbocycles. The number of amides is 1. The van der Waals surface area contributed by atoms with Crippen molar-refractivity contribution >= 4 is 28.3 Å². The van der Waals surface area contributed by atoms with Crippen LogP contribution < -0.4 is 4.90 Å². The Hall–Kier alpha value is -1.53. The zero-order valence-electron chi connectivity index (χ0n) is 16.1. The van der Waals surface area contributed by atoms with Gasteiger partial charge in [-0.3, -0.25) is 4.79 Å². The number of anilines is 1. The van der Waals surface area contributed by atoms with Crippen molar-refractivity contribution in [2.24, 2.45) is 10.3 Å². The lowest BCUT2D eigenvalue weighted by atomic mass is 9.98. The normalized spacial score (nSPS) is 20.2. The maximum Gasteiger partial charge on any atom is 0.230 e. The molecular weight excluding hydrogens is 348 g/mol. The van der Waals surface area contributed by atoms with Gasteiger partial charge in [0.05, 0.1) is 10.5 Å². The molecule has 2 aliphatic heterocycles. The fourth-order valence-corrected chi connectivity index (χ4v) is 3.96. The molecule has 1 atom stereocenters. The second-order valence-electron chi connectivity index (χ2n) is 8.01. The van der Waals surface area contributed by atoms with Crippen molar-refractivity contribution in [1.29, 1.82) is 0 Å². The van der Waals surface area contributed by atoms with Gasteiger partial charge in [-0.1, -0.05) is 6.07 Å².